The molecule has 1 unspecified atom stereocenters. The van der Waals surface area contributed by atoms with Crippen LogP contribution in [0.1, 0.15) is 44.7 Å². The van der Waals surface area contributed by atoms with Crippen LogP contribution < -0.4 is 0 Å². The van der Waals surface area contributed by atoms with Crippen LogP contribution in [0.2, 0.25) is 0 Å². The van der Waals surface area contributed by atoms with Crippen molar-refractivity contribution in [3.63, 3.8) is 0 Å². The summed E-state index contributed by atoms with van der Waals surface area (Å²) in [5.74, 6) is -0.147. The van der Waals surface area contributed by atoms with E-state index in [2.05, 4.69) is 12.1 Å². The van der Waals surface area contributed by atoms with Crippen LogP contribution in [0, 0.1) is 5.92 Å². The van der Waals surface area contributed by atoms with Crippen molar-refractivity contribution >= 4 is 11.8 Å². The van der Waals surface area contributed by atoms with Crippen LogP contribution in [0.3, 0.4) is 0 Å². The fourth-order valence-corrected chi connectivity index (χ4v) is 3.27. The van der Waals surface area contributed by atoms with Crippen LogP contribution in [-0.2, 0) is 17.6 Å². The predicted octanol–water partition coefficient (Wildman–Crippen LogP) is 3.85. The highest BCUT2D eigenvalue weighted by Gasteiger charge is 2.26. The van der Waals surface area contributed by atoms with Crippen LogP contribution in [0.15, 0.2) is 48.5 Å². The number of hydrogen-bond donors (Lipinski definition) is 0. The zero-order chi connectivity index (χ0) is 16.2. The van der Waals surface area contributed by atoms with Crippen molar-refractivity contribution in [3.8, 4) is 0 Å². The fraction of sp³-hybridized carbons (Fsp3) is 0.300. The molecule has 23 heavy (non-hydrogen) atoms. The molecule has 118 valence electrons. The lowest BCUT2D eigenvalue weighted by Crippen LogP contribution is -2.17. The number of hydrogen-bond acceptors (Lipinski definition) is 3. The zero-order valence-electron chi connectivity index (χ0n) is 13.2. The lowest BCUT2D eigenvalue weighted by molar-refractivity contribution is 0.0600. The second-order valence-electron chi connectivity index (χ2n) is 6.01. The maximum absolute atomic E-state index is 12.9. The van der Waals surface area contributed by atoms with E-state index in [-0.39, 0.29) is 17.7 Å². The topological polar surface area (TPSA) is 43.4 Å². The van der Waals surface area contributed by atoms with Gasteiger partial charge in [0.25, 0.3) is 0 Å². The SMILES string of the molecule is COC(=O)c1ccc2c(c1)CCCC(Cc1ccccc1)C2=O. The summed E-state index contributed by atoms with van der Waals surface area (Å²) in [4.78, 5) is 24.5. The predicted molar refractivity (Wildman–Crippen MR) is 88.7 cm³/mol. The molecule has 0 fully saturated rings. The molecule has 0 saturated carbocycles. The number of Topliss-reactive ketones (excluding diaryl/α,β-unsaturated/α-hetero) is 1. The fourth-order valence-electron chi connectivity index (χ4n) is 3.27. The number of carbonyl (C=O) groups is 2. The van der Waals surface area contributed by atoms with E-state index in [0.717, 1.165) is 36.8 Å². The summed E-state index contributed by atoms with van der Waals surface area (Å²) in [7, 11) is 1.37. The third-order valence-corrected chi connectivity index (χ3v) is 4.49. The van der Waals surface area contributed by atoms with E-state index in [0.29, 0.717) is 5.56 Å². The number of rotatable bonds is 3. The van der Waals surface area contributed by atoms with Gasteiger partial charge in [0, 0.05) is 11.5 Å². The van der Waals surface area contributed by atoms with Gasteiger partial charge < -0.3 is 4.74 Å². The molecule has 0 N–H and O–H groups in total. The number of methoxy groups -OCH3 is 1. The van der Waals surface area contributed by atoms with Crippen molar-refractivity contribution in [2.45, 2.75) is 25.7 Å². The molecule has 0 aliphatic heterocycles. The van der Waals surface area contributed by atoms with Crippen LogP contribution in [0.25, 0.3) is 0 Å². The average molecular weight is 308 g/mol. The third kappa shape index (κ3) is 3.34. The molecule has 1 aliphatic rings. The van der Waals surface area contributed by atoms with Gasteiger partial charge in [-0.3, -0.25) is 4.79 Å². The number of ether oxygens (including phenoxy) is 1. The number of fused-ring (bicyclic) bond motifs is 1. The maximum atomic E-state index is 12.9. The first-order valence-electron chi connectivity index (χ1n) is 7.98. The molecule has 0 heterocycles. The molecule has 3 rings (SSSR count). The Morgan fingerprint density at radius 3 is 2.70 bits per heavy atom. The van der Waals surface area contributed by atoms with Gasteiger partial charge in [-0.2, -0.15) is 0 Å². The zero-order valence-corrected chi connectivity index (χ0v) is 13.2. The molecular weight excluding hydrogens is 288 g/mol. The van der Waals surface area contributed by atoms with E-state index in [9.17, 15) is 9.59 Å². The smallest absolute Gasteiger partial charge is 0.337 e. The van der Waals surface area contributed by atoms with Crippen LogP contribution in [-0.4, -0.2) is 18.9 Å². The maximum Gasteiger partial charge on any atom is 0.337 e. The minimum atomic E-state index is -0.356. The van der Waals surface area contributed by atoms with Crippen molar-refractivity contribution in [1.82, 2.24) is 0 Å². The summed E-state index contributed by atoms with van der Waals surface area (Å²) in [5, 5.41) is 0. The molecule has 0 aromatic heterocycles. The van der Waals surface area contributed by atoms with Crippen LogP contribution in [0.5, 0.6) is 0 Å². The second kappa shape index (κ2) is 6.78. The largest absolute Gasteiger partial charge is 0.465 e. The van der Waals surface area contributed by atoms with Gasteiger partial charge in [-0.1, -0.05) is 36.4 Å². The second-order valence-corrected chi connectivity index (χ2v) is 6.01. The van der Waals surface area contributed by atoms with Crippen molar-refractivity contribution in [2.24, 2.45) is 5.92 Å². The number of benzene rings is 2. The molecule has 2 aromatic rings. The Labute approximate surface area is 136 Å². The van der Waals surface area contributed by atoms with Crippen LogP contribution >= 0.6 is 0 Å². The lowest BCUT2D eigenvalue weighted by Gasteiger charge is -2.14. The molecule has 1 atom stereocenters. The van der Waals surface area contributed by atoms with E-state index >= 15 is 0 Å². The molecule has 1 aliphatic carbocycles. The number of ketones is 1. The quantitative estimate of drug-likeness (QED) is 0.639. The van der Waals surface area contributed by atoms with E-state index < -0.39 is 0 Å². The van der Waals surface area contributed by atoms with E-state index in [1.165, 1.54) is 12.7 Å². The monoisotopic (exact) mass is 308 g/mol. The van der Waals surface area contributed by atoms with Gasteiger partial charge in [0.1, 0.15) is 0 Å². The number of aryl methyl sites for hydroxylation is 1. The van der Waals surface area contributed by atoms with Gasteiger partial charge in [0.15, 0.2) is 5.78 Å². The minimum absolute atomic E-state index is 0.0163. The van der Waals surface area contributed by atoms with E-state index in [1.54, 1.807) is 12.1 Å². The number of carbonyl (C=O) groups excluding carboxylic acids is 2. The Kier molecular flexibility index (Phi) is 4.56. The molecule has 2 aromatic carbocycles. The normalized spacial score (nSPS) is 17.3. The standard InChI is InChI=1S/C20H20O3/c1-23-20(22)17-10-11-18-15(13-17)8-5-9-16(19(18)21)12-14-6-3-2-4-7-14/h2-4,6-7,10-11,13,16H,5,8-9,12H2,1H3. The molecular formula is C20H20O3. The van der Waals surface area contributed by atoms with Gasteiger partial charge in [-0.05, 0) is 48.9 Å². The van der Waals surface area contributed by atoms with Gasteiger partial charge in [-0.25, -0.2) is 4.79 Å². The van der Waals surface area contributed by atoms with E-state index in [1.807, 2.05) is 24.3 Å². The van der Waals surface area contributed by atoms with E-state index in [4.69, 9.17) is 4.74 Å². The Morgan fingerprint density at radius 2 is 1.96 bits per heavy atom. The van der Waals surface area contributed by atoms with Crippen LogP contribution in [0.4, 0.5) is 0 Å². The molecule has 0 radical (unpaired) electrons. The first-order chi connectivity index (χ1) is 11.2. The molecule has 3 heteroatoms. The van der Waals surface area contributed by atoms with Gasteiger partial charge in [-0.15, -0.1) is 0 Å². The third-order valence-electron chi connectivity index (χ3n) is 4.49. The molecule has 0 saturated heterocycles. The highest BCUT2D eigenvalue weighted by atomic mass is 16.5. The van der Waals surface area contributed by atoms with Gasteiger partial charge in [0.05, 0.1) is 12.7 Å². The lowest BCUT2D eigenvalue weighted by atomic mass is 9.89. The first-order valence-corrected chi connectivity index (χ1v) is 7.98. The van der Waals surface area contributed by atoms with Gasteiger partial charge in [0.2, 0.25) is 0 Å². The molecule has 0 spiro atoms. The summed E-state index contributed by atoms with van der Waals surface area (Å²) in [6.45, 7) is 0. The Hall–Kier alpha value is -2.42. The summed E-state index contributed by atoms with van der Waals surface area (Å²) in [6.07, 6.45) is 3.45. The Morgan fingerprint density at radius 1 is 1.17 bits per heavy atom. The van der Waals surface area contributed by atoms with Crippen molar-refractivity contribution < 1.29 is 14.3 Å². The van der Waals surface area contributed by atoms with Gasteiger partial charge >= 0.3 is 5.97 Å². The first kappa shape index (κ1) is 15.5. The van der Waals surface area contributed by atoms with Crippen molar-refractivity contribution in [1.29, 1.82) is 0 Å². The highest BCUT2D eigenvalue weighted by molar-refractivity contribution is 6.01. The molecule has 3 nitrogen and oxygen atoms in total. The molecule has 0 bridgehead atoms. The van der Waals surface area contributed by atoms with Crippen molar-refractivity contribution in [2.75, 3.05) is 7.11 Å². The summed E-state index contributed by atoms with van der Waals surface area (Å²) in [6, 6.07) is 15.4. The summed E-state index contributed by atoms with van der Waals surface area (Å²) in [5.41, 5.74) is 3.44. The Balaban J connectivity index is 1.86. The highest BCUT2D eigenvalue weighted by Crippen LogP contribution is 2.28. The summed E-state index contributed by atoms with van der Waals surface area (Å²) < 4.78 is 4.76. The van der Waals surface area contributed by atoms with Crippen molar-refractivity contribution in [3.05, 3.63) is 70.8 Å². The summed E-state index contributed by atoms with van der Waals surface area (Å²) >= 11 is 0. The average Bonchev–Trinajstić information content (AvgIpc) is 2.74. The Bertz CT molecular complexity index is 719. The minimum Gasteiger partial charge on any atom is -0.465 e. The number of esters is 1. The molecule has 0 amide bonds.